The third-order valence-electron chi connectivity index (χ3n) is 5.08. The lowest BCUT2D eigenvalue weighted by atomic mass is 9.96. The van der Waals surface area contributed by atoms with Gasteiger partial charge in [0.1, 0.15) is 13.2 Å². The largest absolute Gasteiger partial charge is 0.456 e. The quantitative estimate of drug-likeness (QED) is 0.520. The van der Waals surface area contributed by atoms with Crippen molar-refractivity contribution < 1.29 is 19.1 Å². The lowest BCUT2D eigenvalue weighted by Crippen LogP contribution is -2.51. The molecule has 0 bridgehead atoms. The van der Waals surface area contributed by atoms with Gasteiger partial charge in [0.25, 0.3) is 0 Å². The van der Waals surface area contributed by atoms with Crippen LogP contribution in [-0.2, 0) is 14.3 Å². The van der Waals surface area contributed by atoms with Gasteiger partial charge in [-0.05, 0) is 36.8 Å². The Morgan fingerprint density at radius 3 is 2.45 bits per heavy atom. The van der Waals surface area contributed by atoms with E-state index in [0.717, 1.165) is 23.3 Å². The van der Waals surface area contributed by atoms with Gasteiger partial charge < -0.3 is 15.0 Å². The van der Waals surface area contributed by atoms with Crippen molar-refractivity contribution in [1.82, 2.24) is 15.1 Å². The number of carbonyl (C=O) groups is 3. The molecule has 1 aromatic rings. The van der Waals surface area contributed by atoms with Crippen LogP contribution >= 0.6 is 11.8 Å². The molecule has 2 heterocycles. The number of benzene rings is 1. The number of nitrogens with one attached hydrogen (secondary N) is 1. The number of ether oxygens (including phenoxy) is 1. The van der Waals surface area contributed by atoms with Gasteiger partial charge in [-0.3, -0.25) is 9.69 Å². The molecule has 3 amide bonds. The van der Waals surface area contributed by atoms with E-state index >= 15 is 0 Å². The molecule has 1 aromatic carbocycles. The number of cyclic esters (lactones) is 1. The molecule has 0 unspecified atom stereocenters. The highest BCUT2D eigenvalue weighted by atomic mass is 32.2. The molecule has 1 atom stereocenters. The van der Waals surface area contributed by atoms with Crippen molar-refractivity contribution in [3.05, 3.63) is 41.1 Å². The fourth-order valence-corrected chi connectivity index (χ4v) is 4.07. The second-order valence-electron chi connectivity index (χ2n) is 7.06. The topological polar surface area (TPSA) is 79.0 Å². The first-order chi connectivity index (χ1) is 14.0. The average molecular weight is 418 g/mol. The Labute approximate surface area is 175 Å². The molecule has 0 radical (unpaired) electrons. The van der Waals surface area contributed by atoms with Gasteiger partial charge in [0.05, 0.1) is 17.3 Å². The molecule has 29 heavy (non-hydrogen) atoms. The fourth-order valence-electron chi connectivity index (χ4n) is 3.66. The number of carbonyl (C=O) groups excluding carboxylic acids is 3. The van der Waals surface area contributed by atoms with E-state index in [1.165, 1.54) is 4.90 Å². The van der Waals surface area contributed by atoms with Crippen molar-refractivity contribution in [2.24, 2.45) is 0 Å². The molecule has 0 spiro atoms. The Kier molecular flexibility index (Phi) is 6.84. The van der Waals surface area contributed by atoms with Crippen LogP contribution in [0.5, 0.6) is 0 Å². The van der Waals surface area contributed by atoms with E-state index in [2.05, 4.69) is 5.32 Å². The van der Waals surface area contributed by atoms with E-state index in [9.17, 15) is 14.4 Å². The van der Waals surface area contributed by atoms with Gasteiger partial charge in [-0.2, -0.15) is 0 Å². The number of nitrogens with zero attached hydrogens (tertiary/aromatic N) is 2. The van der Waals surface area contributed by atoms with Crippen LogP contribution in [0.1, 0.15) is 38.3 Å². The molecular formula is C21H27N3O4S. The molecule has 0 fully saturated rings. The highest BCUT2D eigenvalue weighted by Crippen LogP contribution is 2.35. The number of urea groups is 1. The minimum Gasteiger partial charge on any atom is -0.456 e. The fraction of sp³-hybridized carbons (Fsp3) is 0.476. The maximum atomic E-state index is 12.9. The normalized spacial score (nSPS) is 18.4. The molecule has 3 rings (SSSR count). The maximum absolute atomic E-state index is 12.9. The minimum atomic E-state index is -0.572. The lowest BCUT2D eigenvalue weighted by Gasteiger charge is -2.34. The molecule has 7 nitrogen and oxygen atoms in total. The van der Waals surface area contributed by atoms with E-state index < -0.39 is 12.0 Å². The molecule has 2 aliphatic heterocycles. The number of esters is 1. The summed E-state index contributed by atoms with van der Waals surface area (Å²) < 4.78 is 5.24. The SMILES string of the molecule is CCCN(CCC)C(=O)CN1C(=O)N[C@@H](c2ccc(SC)cc2)C2=C1COC2=O. The molecule has 0 saturated carbocycles. The van der Waals surface area contributed by atoms with Crippen LogP contribution in [0, 0.1) is 0 Å². The van der Waals surface area contributed by atoms with Gasteiger partial charge in [-0.25, -0.2) is 9.59 Å². The third-order valence-corrected chi connectivity index (χ3v) is 5.82. The van der Waals surface area contributed by atoms with Gasteiger partial charge in [0, 0.05) is 18.0 Å². The van der Waals surface area contributed by atoms with Gasteiger partial charge >= 0.3 is 12.0 Å². The monoisotopic (exact) mass is 417 g/mol. The summed E-state index contributed by atoms with van der Waals surface area (Å²) in [5, 5.41) is 2.88. The first-order valence-corrected chi connectivity index (χ1v) is 11.1. The summed E-state index contributed by atoms with van der Waals surface area (Å²) in [6.45, 7) is 5.23. The highest BCUT2D eigenvalue weighted by molar-refractivity contribution is 7.98. The summed E-state index contributed by atoms with van der Waals surface area (Å²) in [6.07, 6.45) is 3.69. The van der Waals surface area contributed by atoms with Gasteiger partial charge in [0.15, 0.2) is 0 Å². The summed E-state index contributed by atoms with van der Waals surface area (Å²) >= 11 is 1.62. The van der Waals surface area contributed by atoms with Crippen molar-refractivity contribution in [2.75, 3.05) is 32.5 Å². The van der Waals surface area contributed by atoms with Gasteiger partial charge in [-0.15, -0.1) is 11.8 Å². The van der Waals surface area contributed by atoms with Crippen LogP contribution in [0.25, 0.3) is 0 Å². The molecule has 0 saturated heterocycles. The first kappa shape index (κ1) is 21.2. The summed E-state index contributed by atoms with van der Waals surface area (Å²) in [7, 11) is 0. The summed E-state index contributed by atoms with van der Waals surface area (Å²) in [4.78, 5) is 42.3. The van der Waals surface area contributed by atoms with Crippen molar-refractivity contribution in [1.29, 1.82) is 0 Å². The molecule has 0 aromatic heterocycles. The average Bonchev–Trinajstić information content (AvgIpc) is 3.11. The molecule has 2 aliphatic rings. The molecule has 156 valence electrons. The number of thioether (sulfide) groups is 1. The second-order valence-corrected chi connectivity index (χ2v) is 7.94. The number of amides is 3. The minimum absolute atomic E-state index is 0.00974. The van der Waals surface area contributed by atoms with Gasteiger partial charge in [-0.1, -0.05) is 26.0 Å². The lowest BCUT2D eigenvalue weighted by molar-refractivity contribution is -0.136. The third kappa shape index (κ3) is 4.42. The first-order valence-electron chi connectivity index (χ1n) is 9.90. The summed E-state index contributed by atoms with van der Waals surface area (Å²) in [6, 6.07) is 6.75. The van der Waals surface area contributed by atoms with Crippen LogP contribution in [0.3, 0.4) is 0 Å². The Bertz CT molecular complexity index is 816. The Morgan fingerprint density at radius 2 is 1.86 bits per heavy atom. The molecule has 0 aliphatic carbocycles. The van der Waals surface area contributed by atoms with Crippen LogP contribution in [0.4, 0.5) is 4.79 Å². The maximum Gasteiger partial charge on any atom is 0.338 e. The van der Waals surface area contributed by atoms with Crippen LogP contribution in [0.2, 0.25) is 0 Å². The number of rotatable bonds is 8. The molecule has 1 N–H and O–H groups in total. The Hall–Kier alpha value is -2.48. The van der Waals surface area contributed by atoms with E-state index in [1.807, 2.05) is 44.4 Å². The smallest absolute Gasteiger partial charge is 0.338 e. The van der Waals surface area contributed by atoms with Crippen LogP contribution < -0.4 is 5.32 Å². The van der Waals surface area contributed by atoms with E-state index in [4.69, 9.17) is 4.74 Å². The Balaban J connectivity index is 1.88. The predicted molar refractivity (Wildman–Crippen MR) is 111 cm³/mol. The number of hydrogen-bond acceptors (Lipinski definition) is 5. The standard InChI is InChI=1S/C21H27N3O4S/c1-4-10-23(11-5-2)17(25)12-24-16-13-28-20(26)18(16)19(22-21(24)27)14-6-8-15(29-3)9-7-14/h6-9,19H,4-5,10-13H2,1-3H3,(H,22,27)/t19-/m0/s1. The van der Waals surface area contributed by atoms with Gasteiger partial charge in [0.2, 0.25) is 5.91 Å². The van der Waals surface area contributed by atoms with E-state index in [1.54, 1.807) is 16.7 Å². The van der Waals surface area contributed by atoms with E-state index in [0.29, 0.717) is 24.4 Å². The van der Waals surface area contributed by atoms with Crippen LogP contribution in [0.15, 0.2) is 40.4 Å². The van der Waals surface area contributed by atoms with Crippen molar-refractivity contribution in [3.8, 4) is 0 Å². The van der Waals surface area contributed by atoms with Crippen molar-refractivity contribution in [3.63, 3.8) is 0 Å². The molecule has 8 heteroatoms. The highest BCUT2D eigenvalue weighted by Gasteiger charge is 2.43. The van der Waals surface area contributed by atoms with E-state index in [-0.39, 0.29) is 25.1 Å². The van der Waals surface area contributed by atoms with Crippen molar-refractivity contribution >= 4 is 29.7 Å². The van der Waals surface area contributed by atoms with Crippen LogP contribution in [-0.4, -0.2) is 60.2 Å². The zero-order valence-corrected chi connectivity index (χ0v) is 17.9. The predicted octanol–water partition coefficient (Wildman–Crippen LogP) is 2.93. The zero-order chi connectivity index (χ0) is 21.0. The summed E-state index contributed by atoms with van der Waals surface area (Å²) in [5.74, 6) is -0.576. The Morgan fingerprint density at radius 1 is 1.21 bits per heavy atom. The van der Waals surface area contributed by atoms with Crippen molar-refractivity contribution in [2.45, 2.75) is 37.6 Å². The number of hydrogen-bond donors (Lipinski definition) is 1. The summed E-state index contributed by atoms with van der Waals surface area (Å²) in [5.41, 5.74) is 1.71. The zero-order valence-electron chi connectivity index (χ0n) is 17.1. The second kappa shape index (κ2) is 9.35. The molecular weight excluding hydrogens is 390 g/mol.